The molecule has 0 heterocycles. The van der Waals surface area contributed by atoms with Crippen LogP contribution in [0.2, 0.25) is 10.0 Å². The van der Waals surface area contributed by atoms with E-state index in [0.717, 1.165) is 11.3 Å². The fourth-order valence-electron chi connectivity index (χ4n) is 2.63. The predicted molar refractivity (Wildman–Crippen MR) is 92.6 cm³/mol. The van der Waals surface area contributed by atoms with Crippen molar-refractivity contribution >= 4 is 28.9 Å². The number of hydrogen-bond donors (Lipinski definition) is 1. The van der Waals surface area contributed by atoms with Gasteiger partial charge in [0, 0.05) is 29.3 Å². The van der Waals surface area contributed by atoms with E-state index in [-0.39, 0.29) is 6.04 Å². The van der Waals surface area contributed by atoms with Crippen molar-refractivity contribution in [3.63, 3.8) is 0 Å². The molecule has 21 heavy (non-hydrogen) atoms. The first-order valence-corrected chi connectivity index (χ1v) is 7.64. The molecule has 0 saturated carbocycles. The number of nitrogens with two attached hydrogens (primary N) is 1. The summed E-state index contributed by atoms with van der Waals surface area (Å²) in [5.41, 5.74) is 10.6. The van der Waals surface area contributed by atoms with Crippen molar-refractivity contribution in [3.8, 4) is 0 Å². The molecule has 0 aliphatic rings. The average molecular weight is 323 g/mol. The van der Waals surface area contributed by atoms with Gasteiger partial charge in [0.2, 0.25) is 0 Å². The van der Waals surface area contributed by atoms with Gasteiger partial charge < -0.3 is 10.6 Å². The van der Waals surface area contributed by atoms with Crippen LogP contribution in [0.5, 0.6) is 0 Å². The summed E-state index contributed by atoms with van der Waals surface area (Å²) in [6, 6.07) is 12.0. The third-order valence-electron chi connectivity index (χ3n) is 3.74. The van der Waals surface area contributed by atoms with E-state index in [2.05, 4.69) is 36.9 Å². The zero-order valence-corrected chi connectivity index (χ0v) is 14.0. The molecule has 0 fully saturated rings. The molecule has 0 bridgehead atoms. The van der Waals surface area contributed by atoms with Crippen LogP contribution in [0.3, 0.4) is 0 Å². The van der Waals surface area contributed by atoms with Gasteiger partial charge in [-0.3, -0.25) is 0 Å². The Hall–Kier alpha value is -1.22. The molecule has 1 unspecified atom stereocenters. The van der Waals surface area contributed by atoms with Gasteiger partial charge in [-0.2, -0.15) is 0 Å². The lowest BCUT2D eigenvalue weighted by Crippen LogP contribution is -2.31. The summed E-state index contributed by atoms with van der Waals surface area (Å²) < 4.78 is 0. The van der Waals surface area contributed by atoms with Crippen LogP contribution in [-0.4, -0.2) is 13.6 Å². The number of aryl methyl sites for hydroxylation is 2. The SMILES string of the molecule is Cc1ccc(N(C)C(CN)c2ccc(Cl)cc2Cl)c(C)c1. The Balaban J connectivity index is 2.40. The molecular weight excluding hydrogens is 303 g/mol. The van der Waals surface area contributed by atoms with Gasteiger partial charge in [0.1, 0.15) is 0 Å². The maximum atomic E-state index is 6.33. The Morgan fingerprint density at radius 1 is 1.10 bits per heavy atom. The molecule has 2 N–H and O–H groups in total. The number of rotatable bonds is 4. The van der Waals surface area contributed by atoms with E-state index in [4.69, 9.17) is 28.9 Å². The molecule has 0 saturated heterocycles. The Morgan fingerprint density at radius 2 is 1.81 bits per heavy atom. The van der Waals surface area contributed by atoms with Gasteiger partial charge in [0.05, 0.1) is 6.04 Å². The molecule has 2 rings (SSSR count). The summed E-state index contributed by atoms with van der Waals surface area (Å²) in [6.07, 6.45) is 0. The lowest BCUT2D eigenvalue weighted by molar-refractivity contribution is 0.679. The van der Waals surface area contributed by atoms with E-state index in [9.17, 15) is 0 Å². The highest BCUT2D eigenvalue weighted by molar-refractivity contribution is 6.35. The van der Waals surface area contributed by atoms with Crippen molar-refractivity contribution in [2.45, 2.75) is 19.9 Å². The van der Waals surface area contributed by atoms with E-state index in [1.807, 2.05) is 19.2 Å². The number of halogens is 2. The van der Waals surface area contributed by atoms with Crippen LogP contribution < -0.4 is 10.6 Å². The summed E-state index contributed by atoms with van der Waals surface area (Å²) in [6.45, 7) is 4.67. The van der Waals surface area contributed by atoms with Crippen LogP contribution in [0, 0.1) is 13.8 Å². The molecule has 0 radical (unpaired) electrons. The van der Waals surface area contributed by atoms with E-state index >= 15 is 0 Å². The number of benzene rings is 2. The Kier molecular flexibility index (Phi) is 5.15. The maximum Gasteiger partial charge on any atom is 0.0676 e. The zero-order chi connectivity index (χ0) is 15.6. The highest BCUT2D eigenvalue weighted by Crippen LogP contribution is 2.33. The summed E-state index contributed by atoms with van der Waals surface area (Å²) in [5.74, 6) is 0. The molecule has 2 nitrogen and oxygen atoms in total. The van der Waals surface area contributed by atoms with Gasteiger partial charge in [0.15, 0.2) is 0 Å². The highest BCUT2D eigenvalue weighted by atomic mass is 35.5. The molecule has 2 aromatic rings. The summed E-state index contributed by atoms with van der Waals surface area (Å²) in [4.78, 5) is 2.17. The van der Waals surface area contributed by atoms with Gasteiger partial charge in [0.25, 0.3) is 0 Å². The average Bonchev–Trinajstić information content (AvgIpc) is 2.41. The quantitative estimate of drug-likeness (QED) is 0.880. The molecule has 0 spiro atoms. The molecule has 0 aromatic heterocycles. The lowest BCUT2D eigenvalue weighted by Gasteiger charge is -2.31. The minimum absolute atomic E-state index is 0.0103. The predicted octanol–water partition coefficient (Wildman–Crippen LogP) is 4.75. The molecular formula is C17H20Cl2N2. The van der Waals surface area contributed by atoms with Gasteiger partial charge in [-0.05, 0) is 43.2 Å². The number of hydrogen-bond acceptors (Lipinski definition) is 2. The molecule has 1 atom stereocenters. The number of anilines is 1. The Labute approximate surface area is 136 Å². The fraction of sp³-hybridized carbons (Fsp3) is 0.294. The largest absolute Gasteiger partial charge is 0.366 e. The Morgan fingerprint density at radius 3 is 2.38 bits per heavy atom. The summed E-state index contributed by atoms with van der Waals surface area (Å²) in [7, 11) is 2.04. The summed E-state index contributed by atoms with van der Waals surface area (Å²) in [5, 5.41) is 1.28. The normalized spacial score (nSPS) is 12.3. The number of nitrogens with zero attached hydrogens (tertiary/aromatic N) is 1. The monoisotopic (exact) mass is 322 g/mol. The second-order valence-corrected chi connectivity index (χ2v) is 6.16. The molecule has 4 heteroatoms. The first-order valence-electron chi connectivity index (χ1n) is 6.89. The minimum Gasteiger partial charge on any atom is -0.366 e. The van der Waals surface area contributed by atoms with Crippen molar-refractivity contribution in [1.82, 2.24) is 0 Å². The van der Waals surface area contributed by atoms with E-state index in [1.165, 1.54) is 11.1 Å². The van der Waals surface area contributed by atoms with E-state index < -0.39 is 0 Å². The Bertz CT molecular complexity index is 641. The second-order valence-electron chi connectivity index (χ2n) is 5.32. The van der Waals surface area contributed by atoms with Crippen LogP contribution >= 0.6 is 23.2 Å². The lowest BCUT2D eigenvalue weighted by atomic mass is 10.0. The van der Waals surface area contributed by atoms with Crippen molar-refractivity contribution < 1.29 is 0 Å². The first-order chi connectivity index (χ1) is 9.93. The second kappa shape index (κ2) is 6.69. The van der Waals surface area contributed by atoms with Gasteiger partial charge >= 0.3 is 0 Å². The van der Waals surface area contributed by atoms with Gasteiger partial charge in [-0.1, -0.05) is 47.0 Å². The van der Waals surface area contributed by atoms with Crippen molar-refractivity contribution in [2.75, 3.05) is 18.5 Å². The topological polar surface area (TPSA) is 29.3 Å². The number of likely N-dealkylation sites (N-methyl/N-ethyl adjacent to an activating group) is 1. The summed E-state index contributed by atoms with van der Waals surface area (Å²) >= 11 is 12.3. The smallest absolute Gasteiger partial charge is 0.0676 e. The molecule has 0 amide bonds. The molecule has 0 aliphatic carbocycles. The third kappa shape index (κ3) is 3.52. The first kappa shape index (κ1) is 16.2. The van der Waals surface area contributed by atoms with Gasteiger partial charge in [-0.25, -0.2) is 0 Å². The zero-order valence-electron chi connectivity index (χ0n) is 12.5. The molecule has 2 aromatic carbocycles. The van der Waals surface area contributed by atoms with E-state index in [1.54, 1.807) is 6.07 Å². The van der Waals surface area contributed by atoms with Crippen LogP contribution in [0.4, 0.5) is 5.69 Å². The molecule has 0 aliphatic heterocycles. The van der Waals surface area contributed by atoms with Crippen LogP contribution in [-0.2, 0) is 0 Å². The van der Waals surface area contributed by atoms with Gasteiger partial charge in [-0.15, -0.1) is 0 Å². The standard InChI is InChI=1S/C17H20Cl2N2/c1-11-4-7-16(12(2)8-11)21(3)17(10-20)14-6-5-13(18)9-15(14)19/h4-9,17H,10,20H2,1-3H3. The minimum atomic E-state index is 0.0103. The highest BCUT2D eigenvalue weighted by Gasteiger charge is 2.20. The third-order valence-corrected chi connectivity index (χ3v) is 4.31. The van der Waals surface area contributed by atoms with Crippen LogP contribution in [0.15, 0.2) is 36.4 Å². The van der Waals surface area contributed by atoms with Crippen molar-refractivity contribution in [2.24, 2.45) is 5.73 Å². The van der Waals surface area contributed by atoms with Crippen LogP contribution in [0.25, 0.3) is 0 Å². The van der Waals surface area contributed by atoms with E-state index in [0.29, 0.717) is 16.6 Å². The van der Waals surface area contributed by atoms with Crippen LogP contribution in [0.1, 0.15) is 22.7 Å². The molecule has 112 valence electrons. The maximum absolute atomic E-state index is 6.33. The fourth-order valence-corrected chi connectivity index (χ4v) is 3.17. The van der Waals surface area contributed by atoms with Crippen molar-refractivity contribution in [3.05, 3.63) is 63.1 Å². The van der Waals surface area contributed by atoms with Crippen molar-refractivity contribution in [1.29, 1.82) is 0 Å².